The van der Waals surface area contributed by atoms with Crippen molar-refractivity contribution in [3.63, 3.8) is 0 Å². The highest BCUT2D eigenvalue weighted by Crippen LogP contribution is 2.27. The summed E-state index contributed by atoms with van der Waals surface area (Å²) in [5.74, 6) is 0.0807. The summed E-state index contributed by atoms with van der Waals surface area (Å²) in [6.45, 7) is -0.173. The Morgan fingerprint density at radius 2 is 1.81 bits per heavy atom. The number of amides is 1. The van der Waals surface area contributed by atoms with Gasteiger partial charge in [-0.05, 0) is 35.9 Å². The summed E-state index contributed by atoms with van der Waals surface area (Å²) in [6.07, 6.45) is 2.47. The van der Waals surface area contributed by atoms with Gasteiger partial charge in [0.1, 0.15) is 5.75 Å². The maximum atomic E-state index is 12.0. The van der Waals surface area contributed by atoms with Gasteiger partial charge in [0.05, 0.1) is 5.02 Å². The van der Waals surface area contributed by atoms with Crippen LogP contribution in [0.15, 0.2) is 48.7 Å². The number of thiazole rings is 1. The number of rotatable bonds is 6. The van der Waals surface area contributed by atoms with Gasteiger partial charge in [-0.1, -0.05) is 46.9 Å². The molecular weight excluding hydrogens is 415 g/mol. The Labute approximate surface area is 169 Å². The molecule has 1 aromatic heterocycles. The molecule has 3 aromatic rings. The van der Waals surface area contributed by atoms with Gasteiger partial charge in [0.2, 0.25) is 0 Å². The minimum atomic E-state index is -0.316. The zero-order valence-corrected chi connectivity index (χ0v) is 16.4. The number of benzene rings is 2. The van der Waals surface area contributed by atoms with Crippen LogP contribution in [0.1, 0.15) is 10.4 Å². The lowest BCUT2D eigenvalue weighted by atomic mass is 10.1. The number of halogens is 3. The smallest absolute Gasteiger partial charge is 0.264 e. The molecule has 26 heavy (non-hydrogen) atoms. The van der Waals surface area contributed by atoms with E-state index in [1.165, 1.54) is 11.3 Å². The van der Waals surface area contributed by atoms with Crippen LogP contribution in [0.4, 0.5) is 5.13 Å². The van der Waals surface area contributed by atoms with Crippen LogP contribution in [0, 0.1) is 0 Å². The second-order valence-corrected chi connectivity index (χ2v) is 7.74. The fraction of sp³-hybridized carbons (Fsp3) is 0.111. The lowest BCUT2D eigenvalue weighted by Gasteiger charge is -2.07. The number of hydrogen-bond donors (Lipinski definition) is 1. The van der Waals surface area contributed by atoms with Crippen molar-refractivity contribution < 1.29 is 9.53 Å². The van der Waals surface area contributed by atoms with Crippen LogP contribution >= 0.6 is 46.1 Å². The molecule has 0 aliphatic rings. The van der Waals surface area contributed by atoms with Crippen LogP contribution in [0.2, 0.25) is 15.1 Å². The molecule has 3 rings (SSSR count). The average molecular weight is 428 g/mol. The van der Waals surface area contributed by atoms with E-state index in [1.54, 1.807) is 24.4 Å². The maximum absolute atomic E-state index is 12.0. The lowest BCUT2D eigenvalue weighted by Crippen LogP contribution is -2.20. The van der Waals surface area contributed by atoms with Gasteiger partial charge in [-0.3, -0.25) is 10.1 Å². The number of anilines is 1. The van der Waals surface area contributed by atoms with Crippen LogP contribution in [-0.2, 0) is 11.2 Å². The third-order valence-electron chi connectivity index (χ3n) is 3.34. The third-order valence-corrected chi connectivity index (χ3v) is 5.04. The summed E-state index contributed by atoms with van der Waals surface area (Å²) in [5.41, 5.74) is 1.12. The number of carbonyl (C=O) groups is 1. The molecule has 0 saturated carbocycles. The van der Waals surface area contributed by atoms with Crippen LogP contribution < -0.4 is 10.1 Å². The van der Waals surface area contributed by atoms with Gasteiger partial charge in [-0.25, -0.2) is 4.98 Å². The Hall–Kier alpha value is -1.79. The van der Waals surface area contributed by atoms with Crippen molar-refractivity contribution in [1.82, 2.24) is 4.98 Å². The van der Waals surface area contributed by atoms with E-state index in [-0.39, 0.29) is 12.5 Å². The molecule has 8 heteroatoms. The molecule has 1 N–H and O–H groups in total. The van der Waals surface area contributed by atoms with Gasteiger partial charge in [0, 0.05) is 27.5 Å². The van der Waals surface area contributed by atoms with Crippen molar-refractivity contribution in [3.8, 4) is 5.75 Å². The molecule has 0 saturated heterocycles. The van der Waals surface area contributed by atoms with Crippen molar-refractivity contribution in [1.29, 1.82) is 0 Å². The summed E-state index contributed by atoms with van der Waals surface area (Å²) < 4.78 is 5.40. The molecule has 0 fully saturated rings. The lowest BCUT2D eigenvalue weighted by molar-refractivity contribution is -0.118. The predicted molar refractivity (Wildman–Crippen MR) is 107 cm³/mol. The first-order valence-corrected chi connectivity index (χ1v) is 9.51. The molecule has 0 unspecified atom stereocenters. The first-order chi connectivity index (χ1) is 12.5. The molecule has 0 radical (unpaired) electrons. The van der Waals surface area contributed by atoms with E-state index in [2.05, 4.69) is 10.3 Å². The van der Waals surface area contributed by atoms with Gasteiger partial charge in [-0.2, -0.15) is 0 Å². The van der Waals surface area contributed by atoms with E-state index in [9.17, 15) is 4.79 Å². The van der Waals surface area contributed by atoms with Crippen molar-refractivity contribution in [3.05, 3.63) is 74.2 Å². The fourth-order valence-electron chi connectivity index (χ4n) is 2.14. The van der Waals surface area contributed by atoms with Crippen molar-refractivity contribution in [2.24, 2.45) is 0 Å². The third kappa shape index (κ3) is 5.35. The predicted octanol–water partition coefficient (Wildman–Crippen LogP) is 5.71. The summed E-state index contributed by atoms with van der Waals surface area (Å²) in [4.78, 5) is 17.3. The number of nitrogens with one attached hydrogen (secondary N) is 1. The minimum Gasteiger partial charge on any atom is -0.482 e. The number of aromatic nitrogens is 1. The maximum Gasteiger partial charge on any atom is 0.264 e. The zero-order valence-electron chi connectivity index (χ0n) is 13.3. The molecule has 0 aliphatic heterocycles. The van der Waals surface area contributed by atoms with Crippen LogP contribution in [-0.4, -0.2) is 17.5 Å². The Kier molecular flexibility index (Phi) is 6.38. The molecule has 1 heterocycles. The monoisotopic (exact) mass is 426 g/mol. The van der Waals surface area contributed by atoms with E-state index in [1.807, 2.05) is 24.3 Å². The van der Waals surface area contributed by atoms with Crippen LogP contribution in [0.25, 0.3) is 0 Å². The molecule has 0 bridgehead atoms. The van der Waals surface area contributed by atoms with Crippen LogP contribution in [0.3, 0.4) is 0 Å². The largest absolute Gasteiger partial charge is 0.482 e. The van der Waals surface area contributed by atoms with Gasteiger partial charge in [0.25, 0.3) is 5.91 Å². The molecule has 0 atom stereocenters. The number of ether oxygens (including phenoxy) is 1. The van der Waals surface area contributed by atoms with Gasteiger partial charge in [-0.15, -0.1) is 11.3 Å². The highest BCUT2D eigenvalue weighted by molar-refractivity contribution is 7.15. The highest BCUT2D eigenvalue weighted by Gasteiger charge is 2.10. The summed E-state index contributed by atoms with van der Waals surface area (Å²) in [5, 5.41) is 4.78. The molecule has 0 spiro atoms. The fourth-order valence-corrected chi connectivity index (χ4v) is 3.59. The Bertz CT molecular complexity index is 913. The zero-order chi connectivity index (χ0) is 18.5. The minimum absolute atomic E-state index is 0.173. The van der Waals surface area contributed by atoms with Crippen LogP contribution in [0.5, 0.6) is 5.75 Å². The number of carbonyl (C=O) groups excluding carboxylic acids is 1. The molecule has 1 amide bonds. The Morgan fingerprint density at radius 3 is 2.54 bits per heavy atom. The molecule has 134 valence electrons. The van der Waals surface area contributed by atoms with E-state index in [0.29, 0.717) is 25.9 Å². The first kappa shape index (κ1) is 19.0. The van der Waals surface area contributed by atoms with E-state index >= 15 is 0 Å². The topological polar surface area (TPSA) is 51.2 Å². The molecule has 4 nitrogen and oxygen atoms in total. The van der Waals surface area contributed by atoms with Gasteiger partial charge in [0.15, 0.2) is 11.7 Å². The molecule has 0 aliphatic carbocycles. The standard InChI is InChI=1S/C18H13Cl3N2O2S/c19-12-3-1-11(2-4-12)7-14-9-22-18(26-14)23-17(24)10-25-16-6-5-13(20)8-15(16)21/h1-6,8-9H,7,10H2,(H,22,23,24). The second kappa shape index (κ2) is 8.73. The number of hydrogen-bond acceptors (Lipinski definition) is 4. The van der Waals surface area contributed by atoms with E-state index < -0.39 is 0 Å². The average Bonchev–Trinajstić information content (AvgIpc) is 3.03. The highest BCUT2D eigenvalue weighted by atomic mass is 35.5. The molecular formula is C18H13Cl3N2O2S. The normalized spacial score (nSPS) is 10.6. The van der Waals surface area contributed by atoms with E-state index in [4.69, 9.17) is 39.5 Å². The quantitative estimate of drug-likeness (QED) is 0.548. The summed E-state index contributed by atoms with van der Waals surface area (Å²) in [6, 6.07) is 12.4. The molecule has 2 aromatic carbocycles. The van der Waals surface area contributed by atoms with Crippen molar-refractivity contribution >= 4 is 57.2 Å². The SMILES string of the molecule is O=C(COc1ccc(Cl)cc1Cl)Nc1ncc(Cc2ccc(Cl)cc2)s1. The summed E-state index contributed by atoms with van der Waals surface area (Å²) >= 11 is 19.1. The Morgan fingerprint density at radius 1 is 1.08 bits per heavy atom. The Balaban J connectivity index is 1.53. The van der Waals surface area contributed by atoms with Gasteiger partial charge >= 0.3 is 0 Å². The first-order valence-electron chi connectivity index (χ1n) is 7.56. The summed E-state index contributed by atoms with van der Waals surface area (Å²) in [7, 11) is 0. The van der Waals surface area contributed by atoms with E-state index in [0.717, 1.165) is 16.9 Å². The van der Waals surface area contributed by atoms with Crippen molar-refractivity contribution in [2.75, 3.05) is 11.9 Å². The number of nitrogens with zero attached hydrogens (tertiary/aromatic N) is 1. The van der Waals surface area contributed by atoms with Crippen molar-refractivity contribution in [2.45, 2.75) is 6.42 Å². The second-order valence-electron chi connectivity index (χ2n) is 5.35. The van der Waals surface area contributed by atoms with Gasteiger partial charge < -0.3 is 4.74 Å².